The fourth-order valence-corrected chi connectivity index (χ4v) is 2.75. The van der Waals surface area contributed by atoms with Gasteiger partial charge in [-0.1, -0.05) is 24.3 Å². The number of hydrogen-bond acceptors (Lipinski definition) is 4. The molecule has 0 spiro atoms. The Morgan fingerprint density at radius 1 is 1.12 bits per heavy atom. The number of amides is 1. The molecule has 3 rings (SSSR count). The number of aryl methyl sites for hydroxylation is 1. The van der Waals surface area contributed by atoms with Crippen molar-refractivity contribution >= 4 is 23.5 Å². The maximum Gasteiger partial charge on any atom is 0.275 e. The largest absolute Gasteiger partial charge is 0.497 e. The van der Waals surface area contributed by atoms with Crippen molar-refractivity contribution in [2.75, 3.05) is 26.1 Å². The Kier molecular flexibility index (Phi) is 5.37. The quantitative estimate of drug-likeness (QED) is 0.815. The van der Waals surface area contributed by atoms with Crippen LogP contribution in [-0.4, -0.2) is 32.9 Å². The zero-order valence-corrected chi connectivity index (χ0v) is 15.3. The van der Waals surface area contributed by atoms with Crippen molar-refractivity contribution in [1.29, 1.82) is 0 Å². The van der Waals surface area contributed by atoms with E-state index in [0.29, 0.717) is 18.0 Å². The third-order valence-corrected chi connectivity index (χ3v) is 4.24. The van der Waals surface area contributed by atoms with Gasteiger partial charge in [0, 0.05) is 26.2 Å². The van der Waals surface area contributed by atoms with E-state index in [-0.39, 0.29) is 5.91 Å². The first-order valence-corrected chi connectivity index (χ1v) is 8.56. The average molecular weight is 349 g/mol. The number of hydrogen-bond donors (Lipinski definition) is 1. The van der Waals surface area contributed by atoms with Crippen molar-refractivity contribution in [2.45, 2.75) is 12.8 Å². The second-order valence-electron chi connectivity index (χ2n) is 6.38. The van der Waals surface area contributed by atoms with Crippen molar-refractivity contribution in [3.8, 4) is 5.75 Å². The molecule has 0 aliphatic carbocycles. The standard InChI is InChI=1S/C21H23N3O2/c1-24(2)17-10-7-16(8-11-17)14-19-21(25)23-20(22-19)12-9-15-5-4-6-18(13-15)26-3/h4-8,10-11,13-14H,9,12H2,1-3H3,(H,22,23,25)/b19-14+. The van der Waals surface area contributed by atoms with E-state index >= 15 is 0 Å². The Bertz CT molecular complexity index is 852. The SMILES string of the molecule is COc1cccc(CCC2=N/C(=C/c3ccc(N(C)C)cc3)C(=O)N2)c1. The Labute approximate surface area is 154 Å². The highest BCUT2D eigenvalue weighted by Gasteiger charge is 2.19. The van der Waals surface area contributed by atoms with Crippen molar-refractivity contribution in [1.82, 2.24) is 5.32 Å². The molecule has 0 saturated carbocycles. The van der Waals surface area contributed by atoms with Crippen LogP contribution >= 0.6 is 0 Å². The lowest BCUT2D eigenvalue weighted by atomic mass is 10.1. The smallest absolute Gasteiger partial charge is 0.275 e. The van der Waals surface area contributed by atoms with E-state index < -0.39 is 0 Å². The third-order valence-electron chi connectivity index (χ3n) is 4.24. The summed E-state index contributed by atoms with van der Waals surface area (Å²) in [4.78, 5) is 18.6. The van der Waals surface area contributed by atoms with Crippen LogP contribution in [0.25, 0.3) is 6.08 Å². The molecule has 1 aliphatic heterocycles. The van der Waals surface area contributed by atoms with Gasteiger partial charge in [0.05, 0.1) is 7.11 Å². The number of methoxy groups -OCH3 is 1. The molecule has 2 aromatic carbocycles. The molecular weight excluding hydrogens is 326 g/mol. The van der Waals surface area contributed by atoms with Crippen LogP contribution in [0.15, 0.2) is 59.2 Å². The van der Waals surface area contributed by atoms with Gasteiger partial charge in [0.25, 0.3) is 5.91 Å². The van der Waals surface area contributed by atoms with Gasteiger partial charge in [-0.05, 0) is 47.9 Å². The Morgan fingerprint density at radius 3 is 2.58 bits per heavy atom. The highest BCUT2D eigenvalue weighted by atomic mass is 16.5. The van der Waals surface area contributed by atoms with Crippen LogP contribution in [0.2, 0.25) is 0 Å². The molecule has 2 aromatic rings. The van der Waals surface area contributed by atoms with Gasteiger partial charge in [0.1, 0.15) is 17.3 Å². The zero-order chi connectivity index (χ0) is 18.5. The molecule has 134 valence electrons. The molecule has 0 fully saturated rings. The second kappa shape index (κ2) is 7.87. The van der Waals surface area contributed by atoms with Crippen molar-refractivity contribution < 1.29 is 9.53 Å². The summed E-state index contributed by atoms with van der Waals surface area (Å²) in [5.41, 5.74) is 3.67. The van der Waals surface area contributed by atoms with Crippen LogP contribution < -0.4 is 15.0 Å². The van der Waals surface area contributed by atoms with Gasteiger partial charge in [0.2, 0.25) is 0 Å². The van der Waals surface area contributed by atoms with E-state index in [9.17, 15) is 4.79 Å². The molecule has 5 nitrogen and oxygen atoms in total. The van der Waals surface area contributed by atoms with Gasteiger partial charge in [-0.25, -0.2) is 4.99 Å². The van der Waals surface area contributed by atoms with Gasteiger partial charge in [0.15, 0.2) is 0 Å². The molecular formula is C21H23N3O2. The molecule has 0 bridgehead atoms. The van der Waals surface area contributed by atoms with Crippen LogP contribution in [0.4, 0.5) is 5.69 Å². The van der Waals surface area contributed by atoms with Crippen molar-refractivity contribution in [2.24, 2.45) is 4.99 Å². The number of anilines is 1. The summed E-state index contributed by atoms with van der Waals surface area (Å²) in [7, 11) is 5.65. The summed E-state index contributed by atoms with van der Waals surface area (Å²) in [6.45, 7) is 0. The molecule has 0 unspecified atom stereocenters. The van der Waals surface area contributed by atoms with Gasteiger partial charge < -0.3 is 15.0 Å². The first kappa shape index (κ1) is 17.7. The van der Waals surface area contributed by atoms with Crippen LogP contribution in [-0.2, 0) is 11.2 Å². The van der Waals surface area contributed by atoms with E-state index in [1.807, 2.05) is 73.6 Å². The minimum atomic E-state index is -0.151. The first-order valence-electron chi connectivity index (χ1n) is 8.56. The molecule has 26 heavy (non-hydrogen) atoms. The normalized spacial score (nSPS) is 15.0. The number of nitrogens with zero attached hydrogens (tertiary/aromatic N) is 2. The van der Waals surface area contributed by atoms with Crippen LogP contribution in [0, 0.1) is 0 Å². The Hall–Kier alpha value is -3.08. The topological polar surface area (TPSA) is 53.9 Å². The predicted octanol–water partition coefficient (Wildman–Crippen LogP) is 3.26. The molecule has 0 radical (unpaired) electrons. The average Bonchev–Trinajstić information content (AvgIpc) is 3.00. The number of carbonyl (C=O) groups excluding carboxylic acids is 1. The fourth-order valence-electron chi connectivity index (χ4n) is 2.75. The molecule has 1 amide bonds. The minimum absolute atomic E-state index is 0.151. The van der Waals surface area contributed by atoms with E-state index in [1.54, 1.807) is 7.11 Å². The lowest BCUT2D eigenvalue weighted by molar-refractivity contribution is -0.115. The van der Waals surface area contributed by atoms with Crippen LogP contribution in [0.1, 0.15) is 17.5 Å². The number of amidine groups is 1. The first-order chi connectivity index (χ1) is 12.5. The summed E-state index contributed by atoms with van der Waals surface area (Å²) in [6, 6.07) is 15.9. The number of ether oxygens (including phenoxy) is 1. The number of carbonyl (C=O) groups is 1. The molecule has 0 aromatic heterocycles. The second-order valence-corrected chi connectivity index (χ2v) is 6.38. The van der Waals surface area contributed by atoms with E-state index in [1.165, 1.54) is 0 Å². The summed E-state index contributed by atoms with van der Waals surface area (Å²) in [6.07, 6.45) is 3.28. The lowest BCUT2D eigenvalue weighted by Crippen LogP contribution is -2.24. The third kappa shape index (κ3) is 4.30. The van der Waals surface area contributed by atoms with Gasteiger partial charge >= 0.3 is 0 Å². The minimum Gasteiger partial charge on any atom is -0.497 e. The maximum absolute atomic E-state index is 12.2. The van der Waals surface area contributed by atoms with Crippen LogP contribution in [0.3, 0.4) is 0 Å². The number of rotatable bonds is 6. The molecule has 1 heterocycles. The monoisotopic (exact) mass is 349 g/mol. The summed E-state index contributed by atoms with van der Waals surface area (Å²) in [5, 5.41) is 2.86. The Balaban J connectivity index is 1.68. The van der Waals surface area contributed by atoms with Crippen LogP contribution in [0.5, 0.6) is 5.75 Å². The highest BCUT2D eigenvalue weighted by Crippen LogP contribution is 2.18. The Morgan fingerprint density at radius 2 is 1.88 bits per heavy atom. The molecule has 1 N–H and O–H groups in total. The molecule has 1 aliphatic rings. The summed E-state index contributed by atoms with van der Waals surface area (Å²) < 4.78 is 5.24. The van der Waals surface area contributed by atoms with E-state index in [4.69, 9.17) is 4.74 Å². The van der Waals surface area contributed by atoms with Crippen molar-refractivity contribution in [3.05, 3.63) is 65.4 Å². The summed E-state index contributed by atoms with van der Waals surface area (Å²) in [5.74, 6) is 1.39. The van der Waals surface area contributed by atoms with Gasteiger partial charge in [-0.2, -0.15) is 0 Å². The van der Waals surface area contributed by atoms with Gasteiger partial charge in [-0.3, -0.25) is 4.79 Å². The maximum atomic E-state index is 12.2. The fraction of sp³-hybridized carbons (Fsp3) is 0.238. The number of benzene rings is 2. The zero-order valence-electron chi connectivity index (χ0n) is 15.3. The predicted molar refractivity (Wildman–Crippen MR) is 106 cm³/mol. The molecule has 0 saturated heterocycles. The highest BCUT2D eigenvalue weighted by molar-refractivity contribution is 6.14. The molecule has 0 atom stereocenters. The summed E-state index contributed by atoms with van der Waals surface area (Å²) >= 11 is 0. The lowest BCUT2D eigenvalue weighted by Gasteiger charge is -2.11. The van der Waals surface area contributed by atoms with E-state index in [2.05, 4.69) is 10.3 Å². The van der Waals surface area contributed by atoms with Crippen molar-refractivity contribution in [3.63, 3.8) is 0 Å². The van der Waals surface area contributed by atoms with Gasteiger partial charge in [-0.15, -0.1) is 0 Å². The van der Waals surface area contributed by atoms with E-state index in [0.717, 1.165) is 29.0 Å². The molecule has 5 heteroatoms. The number of aliphatic imine (C=N–C) groups is 1. The number of nitrogens with one attached hydrogen (secondary N) is 1.